The van der Waals surface area contributed by atoms with Gasteiger partial charge in [0.05, 0.1) is 0 Å². The van der Waals surface area contributed by atoms with Gasteiger partial charge in [-0.3, -0.25) is 0 Å². The predicted molar refractivity (Wildman–Crippen MR) is 106 cm³/mol. The van der Waals surface area contributed by atoms with Crippen LogP contribution in [-0.2, 0) is 11.2 Å². The van der Waals surface area contributed by atoms with Gasteiger partial charge in [-0.2, -0.15) is 0 Å². The van der Waals surface area contributed by atoms with Gasteiger partial charge in [0, 0.05) is 25.2 Å². The molecule has 4 heteroatoms. The molecule has 1 aliphatic carbocycles. The lowest BCUT2D eigenvalue weighted by atomic mass is 9.77. The van der Waals surface area contributed by atoms with Crippen molar-refractivity contribution < 1.29 is 9.53 Å². The molecular formula is C22H28N2O2. The second-order valence-corrected chi connectivity index (χ2v) is 7.42. The predicted octanol–water partition coefficient (Wildman–Crippen LogP) is 4.92. The molecule has 0 radical (unpaired) electrons. The fourth-order valence-electron chi connectivity index (χ4n) is 4.14. The van der Waals surface area contributed by atoms with Gasteiger partial charge in [0.1, 0.15) is 6.10 Å². The average Bonchev–Trinajstić information content (AvgIpc) is 2.94. The van der Waals surface area contributed by atoms with Gasteiger partial charge in [-0.15, -0.1) is 0 Å². The second-order valence-electron chi connectivity index (χ2n) is 7.42. The Morgan fingerprint density at radius 3 is 2.46 bits per heavy atom. The molecule has 0 spiro atoms. The first-order valence-electron chi connectivity index (χ1n) is 9.27. The number of nitrogens with zero attached hydrogens (tertiary/aromatic N) is 1. The Hall–Kier alpha value is -2.49. The largest absolute Gasteiger partial charge is 0.441 e. The van der Waals surface area contributed by atoms with Crippen molar-refractivity contribution in [2.75, 3.05) is 19.0 Å². The molecule has 0 bridgehead atoms. The number of amides is 1. The Morgan fingerprint density at radius 1 is 1.15 bits per heavy atom. The van der Waals surface area contributed by atoms with Gasteiger partial charge in [-0.05, 0) is 53.6 Å². The lowest BCUT2D eigenvalue weighted by Gasteiger charge is -2.32. The first kappa shape index (κ1) is 18.3. The number of nitrogens with two attached hydrogens (primary N) is 1. The van der Waals surface area contributed by atoms with Crippen LogP contribution in [0.5, 0.6) is 0 Å². The number of primary amides is 1. The lowest BCUT2D eigenvalue weighted by Crippen LogP contribution is -2.30. The average molecular weight is 352 g/mol. The minimum atomic E-state index is -0.697. The topological polar surface area (TPSA) is 55.6 Å². The molecule has 4 nitrogen and oxygen atoms in total. The smallest absolute Gasteiger partial charge is 0.405 e. The number of fused-ring (bicyclic) bond motifs is 1. The summed E-state index contributed by atoms with van der Waals surface area (Å²) >= 11 is 0. The Morgan fingerprint density at radius 2 is 1.85 bits per heavy atom. The Bertz CT molecular complexity index is 810. The van der Waals surface area contributed by atoms with E-state index in [9.17, 15) is 4.79 Å². The van der Waals surface area contributed by atoms with Gasteiger partial charge >= 0.3 is 6.09 Å². The van der Waals surface area contributed by atoms with E-state index in [1.165, 1.54) is 22.4 Å². The minimum absolute atomic E-state index is 0.0680. The molecule has 0 aromatic heterocycles. The molecule has 138 valence electrons. The molecule has 2 N–H and O–H groups in total. The zero-order valence-electron chi connectivity index (χ0n) is 16.1. The first-order chi connectivity index (χ1) is 12.4. The van der Waals surface area contributed by atoms with Crippen molar-refractivity contribution in [3.05, 3.63) is 53.6 Å². The molecule has 0 fully saturated rings. The zero-order chi connectivity index (χ0) is 18.9. The first-order valence-corrected chi connectivity index (χ1v) is 9.27. The number of carbonyl (C=O) groups is 1. The third-order valence-electron chi connectivity index (χ3n) is 5.86. The van der Waals surface area contributed by atoms with E-state index in [0.717, 1.165) is 24.8 Å². The molecule has 0 aliphatic heterocycles. The molecule has 0 saturated heterocycles. The van der Waals surface area contributed by atoms with E-state index in [-0.39, 0.29) is 11.5 Å². The summed E-state index contributed by atoms with van der Waals surface area (Å²) < 4.78 is 5.56. The lowest BCUT2D eigenvalue weighted by molar-refractivity contribution is 0.0140. The van der Waals surface area contributed by atoms with Crippen molar-refractivity contribution in [2.24, 2.45) is 11.1 Å². The van der Waals surface area contributed by atoms with E-state index in [1.54, 1.807) is 0 Å². The fourth-order valence-corrected chi connectivity index (χ4v) is 4.14. The summed E-state index contributed by atoms with van der Waals surface area (Å²) in [5.41, 5.74) is 11.2. The Balaban J connectivity index is 2.02. The zero-order valence-corrected chi connectivity index (χ0v) is 16.1. The molecule has 1 atom stereocenters. The maximum absolute atomic E-state index is 11.5. The van der Waals surface area contributed by atoms with Crippen molar-refractivity contribution in [3.63, 3.8) is 0 Å². The van der Waals surface area contributed by atoms with Crippen LogP contribution in [0.25, 0.3) is 11.1 Å². The van der Waals surface area contributed by atoms with Crippen LogP contribution in [-0.4, -0.2) is 20.2 Å². The van der Waals surface area contributed by atoms with Crippen molar-refractivity contribution in [1.82, 2.24) is 0 Å². The van der Waals surface area contributed by atoms with Gasteiger partial charge in [0.2, 0.25) is 0 Å². The number of hydrogen-bond donors (Lipinski definition) is 1. The van der Waals surface area contributed by atoms with Gasteiger partial charge < -0.3 is 15.4 Å². The number of anilines is 1. The normalized spacial score (nSPS) is 17.6. The van der Waals surface area contributed by atoms with Crippen LogP contribution in [0.4, 0.5) is 10.5 Å². The van der Waals surface area contributed by atoms with Crippen LogP contribution >= 0.6 is 0 Å². The number of carbonyl (C=O) groups excluding carboxylic acids is 1. The number of rotatable bonds is 5. The van der Waals surface area contributed by atoms with Crippen LogP contribution in [0.3, 0.4) is 0 Å². The Labute approximate surface area is 156 Å². The molecule has 2 aromatic rings. The third kappa shape index (κ3) is 3.16. The summed E-state index contributed by atoms with van der Waals surface area (Å²) in [5.74, 6) is 0. The van der Waals surface area contributed by atoms with E-state index in [0.29, 0.717) is 0 Å². The van der Waals surface area contributed by atoms with Crippen molar-refractivity contribution in [3.8, 4) is 11.1 Å². The maximum Gasteiger partial charge on any atom is 0.405 e. The van der Waals surface area contributed by atoms with Crippen molar-refractivity contribution >= 4 is 11.8 Å². The van der Waals surface area contributed by atoms with Crippen LogP contribution < -0.4 is 10.6 Å². The maximum atomic E-state index is 11.5. The molecule has 2 aromatic carbocycles. The fraction of sp³-hybridized carbons (Fsp3) is 0.409. The standard InChI is InChI=1S/C22H28N2O2/c1-5-22(6-2)14-17-12-16(10-11-19(17)20(22)26-21(23)25)15-8-7-9-18(13-15)24(3)4/h7-13,20H,5-6,14H2,1-4H3,(H2,23,25). The van der Waals surface area contributed by atoms with Crippen LogP contribution in [0, 0.1) is 5.41 Å². The molecule has 1 amide bonds. The second kappa shape index (κ2) is 7.02. The molecular weight excluding hydrogens is 324 g/mol. The van der Waals surface area contributed by atoms with E-state index in [4.69, 9.17) is 10.5 Å². The van der Waals surface area contributed by atoms with Gasteiger partial charge in [0.25, 0.3) is 0 Å². The number of ether oxygens (including phenoxy) is 1. The highest BCUT2D eigenvalue weighted by atomic mass is 16.6. The summed E-state index contributed by atoms with van der Waals surface area (Å²) in [4.78, 5) is 13.6. The van der Waals surface area contributed by atoms with Crippen LogP contribution in [0.1, 0.15) is 43.9 Å². The third-order valence-corrected chi connectivity index (χ3v) is 5.86. The van der Waals surface area contributed by atoms with Gasteiger partial charge in [0.15, 0.2) is 0 Å². The molecule has 0 heterocycles. The van der Waals surface area contributed by atoms with E-state index in [1.807, 2.05) is 14.1 Å². The van der Waals surface area contributed by atoms with E-state index >= 15 is 0 Å². The monoisotopic (exact) mass is 352 g/mol. The highest BCUT2D eigenvalue weighted by molar-refractivity contribution is 5.70. The summed E-state index contributed by atoms with van der Waals surface area (Å²) in [6.45, 7) is 4.32. The molecule has 26 heavy (non-hydrogen) atoms. The van der Waals surface area contributed by atoms with E-state index < -0.39 is 6.09 Å². The summed E-state index contributed by atoms with van der Waals surface area (Å²) in [5, 5.41) is 0. The van der Waals surface area contributed by atoms with Crippen LogP contribution in [0.15, 0.2) is 42.5 Å². The van der Waals surface area contributed by atoms with E-state index in [2.05, 4.69) is 61.2 Å². The highest BCUT2D eigenvalue weighted by Crippen LogP contribution is 2.52. The van der Waals surface area contributed by atoms with Gasteiger partial charge in [-0.1, -0.05) is 44.2 Å². The minimum Gasteiger partial charge on any atom is -0.441 e. The summed E-state index contributed by atoms with van der Waals surface area (Å²) in [6, 6.07) is 15.0. The molecule has 1 unspecified atom stereocenters. The molecule has 1 aliphatic rings. The van der Waals surface area contributed by atoms with Crippen molar-refractivity contribution in [2.45, 2.75) is 39.2 Å². The Kier molecular flexibility index (Phi) is 4.94. The summed E-state index contributed by atoms with van der Waals surface area (Å²) in [6.07, 6.45) is 1.85. The van der Waals surface area contributed by atoms with Crippen LogP contribution in [0.2, 0.25) is 0 Å². The molecule has 3 rings (SSSR count). The number of benzene rings is 2. The SMILES string of the molecule is CCC1(CC)Cc2cc(-c3cccc(N(C)C)c3)ccc2C1OC(N)=O. The molecule has 0 saturated carbocycles. The quantitative estimate of drug-likeness (QED) is 0.831. The highest BCUT2D eigenvalue weighted by Gasteiger charge is 2.46. The van der Waals surface area contributed by atoms with Crippen molar-refractivity contribution in [1.29, 1.82) is 0 Å². The number of hydrogen-bond acceptors (Lipinski definition) is 3. The van der Waals surface area contributed by atoms with Gasteiger partial charge in [-0.25, -0.2) is 4.79 Å². The summed E-state index contributed by atoms with van der Waals surface area (Å²) in [7, 11) is 4.09.